The van der Waals surface area contributed by atoms with Crippen LogP contribution in [0.25, 0.3) is 0 Å². The fraction of sp³-hybridized carbons (Fsp3) is 0.375. The van der Waals surface area contributed by atoms with Gasteiger partial charge in [0.25, 0.3) is 0 Å². The minimum atomic E-state index is -0.126. The summed E-state index contributed by atoms with van der Waals surface area (Å²) in [5.74, 6) is -0.126. The molecule has 2 N–H and O–H groups in total. The lowest BCUT2D eigenvalue weighted by atomic mass is 10.1. The van der Waals surface area contributed by atoms with Crippen molar-refractivity contribution in [3.8, 4) is 0 Å². The highest BCUT2D eigenvalue weighted by Gasteiger charge is 2.16. The number of amides is 1. The number of hydrogen-bond acceptors (Lipinski definition) is 3. The van der Waals surface area contributed by atoms with Gasteiger partial charge in [0.15, 0.2) is 0 Å². The van der Waals surface area contributed by atoms with Gasteiger partial charge in [0.05, 0.1) is 18.3 Å². The molecule has 1 atom stereocenters. The van der Waals surface area contributed by atoms with Crippen molar-refractivity contribution in [3.05, 3.63) is 52.8 Å². The Labute approximate surface area is 124 Å². The predicted octanol–water partition coefficient (Wildman–Crippen LogP) is 2.42. The molecule has 1 amide bonds. The van der Waals surface area contributed by atoms with Crippen molar-refractivity contribution in [2.75, 3.05) is 6.61 Å². The number of carbonyl (C=O) groups is 1. The van der Waals surface area contributed by atoms with Gasteiger partial charge in [-0.2, -0.15) is 5.10 Å². The van der Waals surface area contributed by atoms with Gasteiger partial charge in [0.1, 0.15) is 6.61 Å². The number of nitrogens with one attached hydrogen (secondary N) is 2. The molecule has 0 radical (unpaired) electrons. The van der Waals surface area contributed by atoms with Crippen LogP contribution < -0.4 is 5.32 Å². The molecule has 0 aliphatic heterocycles. The van der Waals surface area contributed by atoms with Gasteiger partial charge in [-0.15, -0.1) is 0 Å². The van der Waals surface area contributed by atoms with E-state index in [4.69, 9.17) is 4.74 Å². The van der Waals surface area contributed by atoms with Gasteiger partial charge in [-0.25, -0.2) is 0 Å². The average Bonchev–Trinajstić information content (AvgIpc) is 2.79. The number of H-pyrrole nitrogens is 1. The Balaban J connectivity index is 1.79. The molecular weight excluding hydrogens is 266 g/mol. The average molecular weight is 287 g/mol. The number of rotatable bonds is 6. The Morgan fingerprint density at radius 1 is 1.33 bits per heavy atom. The summed E-state index contributed by atoms with van der Waals surface area (Å²) >= 11 is 0. The van der Waals surface area contributed by atoms with E-state index in [1.807, 2.05) is 51.1 Å². The SMILES string of the molecule is Cc1n[nH]c(C)c1[C@H](C)NC(=O)COCc1ccccc1. The van der Waals surface area contributed by atoms with Crippen molar-refractivity contribution in [2.45, 2.75) is 33.4 Å². The maximum Gasteiger partial charge on any atom is 0.246 e. The van der Waals surface area contributed by atoms with E-state index in [1.54, 1.807) is 0 Å². The van der Waals surface area contributed by atoms with Gasteiger partial charge in [-0.1, -0.05) is 30.3 Å². The molecule has 0 unspecified atom stereocenters. The highest BCUT2D eigenvalue weighted by atomic mass is 16.5. The van der Waals surface area contributed by atoms with E-state index in [0.29, 0.717) is 6.61 Å². The van der Waals surface area contributed by atoms with Crippen LogP contribution in [-0.2, 0) is 16.1 Å². The molecule has 0 spiro atoms. The molecule has 0 aliphatic rings. The molecule has 21 heavy (non-hydrogen) atoms. The number of aryl methyl sites for hydroxylation is 2. The molecule has 1 heterocycles. The first kappa shape index (κ1) is 15.3. The van der Waals surface area contributed by atoms with E-state index in [9.17, 15) is 4.79 Å². The summed E-state index contributed by atoms with van der Waals surface area (Å²) in [5, 5.41) is 9.99. The van der Waals surface area contributed by atoms with E-state index in [1.165, 1.54) is 0 Å². The summed E-state index contributed by atoms with van der Waals surface area (Å²) in [6.45, 7) is 6.30. The van der Waals surface area contributed by atoms with Gasteiger partial charge in [0.2, 0.25) is 5.91 Å². The quantitative estimate of drug-likeness (QED) is 0.857. The van der Waals surface area contributed by atoms with Crippen molar-refractivity contribution in [2.24, 2.45) is 0 Å². The van der Waals surface area contributed by atoms with Crippen LogP contribution in [0.15, 0.2) is 30.3 Å². The predicted molar refractivity (Wildman–Crippen MR) is 80.7 cm³/mol. The first-order valence-electron chi connectivity index (χ1n) is 7.00. The zero-order valence-corrected chi connectivity index (χ0v) is 12.6. The topological polar surface area (TPSA) is 67.0 Å². The van der Waals surface area contributed by atoms with E-state index < -0.39 is 0 Å². The molecule has 2 aromatic rings. The first-order valence-corrected chi connectivity index (χ1v) is 7.00. The monoisotopic (exact) mass is 287 g/mol. The van der Waals surface area contributed by atoms with Gasteiger partial charge in [-0.05, 0) is 26.3 Å². The maximum atomic E-state index is 11.9. The molecule has 5 heteroatoms. The highest BCUT2D eigenvalue weighted by Crippen LogP contribution is 2.18. The summed E-state index contributed by atoms with van der Waals surface area (Å²) < 4.78 is 5.42. The largest absolute Gasteiger partial charge is 0.367 e. The summed E-state index contributed by atoms with van der Waals surface area (Å²) in [4.78, 5) is 11.9. The molecule has 2 rings (SSSR count). The van der Waals surface area contributed by atoms with Crippen LogP contribution in [-0.4, -0.2) is 22.7 Å². The highest BCUT2D eigenvalue weighted by molar-refractivity contribution is 5.77. The van der Waals surface area contributed by atoms with Gasteiger partial charge >= 0.3 is 0 Å². The van der Waals surface area contributed by atoms with Crippen LogP contribution in [0.5, 0.6) is 0 Å². The van der Waals surface area contributed by atoms with E-state index >= 15 is 0 Å². The summed E-state index contributed by atoms with van der Waals surface area (Å²) in [6, 6.07) is 9.71. The molecule has 1 aromatic carbocycles. The number of nitrogens with zero attached hydrogens (tertiary/aromatic N) is 1. The van der Waals surface area contributed by atoms with Gasteiger partial charge < -0.3 is 10.1 Å². The molecule has 0 fully saturated rings. The number of ether oxygens (including phenoxy) is 1. The van der Waals surface area contributed by atoms with Crippen molar-refractivity contribution in [3.63, 3.8) is 0 Å². The van der Waals surface area contributed by atoms with Crippen LogP contribution in [0.2, 0.25) is 0 Å². The standard InChI is InChI=1S/C16H21N3O2/c1-11(16-12(2)18-19-13(16)3)17-15(20)10-21-9-14-7-5-4-6-8-14/h4-8,11H,9-10H2,1-3H3,(H,17,20)(H,18,19)/t11-/m0/s1. The Morgan fingerprint density at radius 3 is 2.67 bits per heavy atom. The van der Waals surface area contributed by atoms with Crippen LogP contribution >= 0.6 is 0 Å². The Kier molecular flexibility index (Phi) is 5.11. The molecule has 0 aliphatic carbocycles. The van der Waals surface area contributed by atoms with Crippen molar-refractivity contribution < 1.29 is 9.53 Å². The summed E-state index contributed by atoms with van der Waals surface area (Å²) in [6.07, 6.45) is 0. The zero-order valence-electron chi connectivity index (χ0n) is 12.6. The van der Waals surface area contributed by atoms with Crippen LogP contribution in [0.4, 0.5) is 0 Å². The Hall–Kier alpha value is -2.14. The van der Waals surface area contributed by atoms with Crippen molar-refractivity contribution in [1.29, 1.82) is 0 Å². The third kappa shape index (κ3) is 4.16. The van der Waals surface area contributed by atoms with E-state index in [2.05, 4.69) is 15.5 Å². The van der Waals surface area contributed by atoms with Gasteiger partial charge in [0, 0.05) is 11.3 Å². The number of aromatic amines is 1. The molecule has 112 valence electrons. The zero-order chi connectivity index (χ0) is 15.2. The lowest BCUT2D eigenvalue weighted by molar-refractivity contribution is -0.126. The third-order valence-corrected chi connectivity index (χ3v) is 3.34. The number of carbonyl (C=O) groups excluding carboxylic acids is 1. The summed E-state index contributed by atoms with van der Waals surface area (Å²) in [7, 11) is 0. The smallest absolute Gasteiger partial charge is 0.246 e. The molecule has 0 saturated carbocycles. The molecule has 5 nitrogen and oxygen atoms in total. The number of hydrogen-bond donors (Lipinski definition) is 2. The lowest BCUT2D eigenvalue weighted by Crippen LogP contribution is -2.30. The van der Waals surface area contributed by atoms with Gasteiger partial charge in [-0.3, -0.25) is 9.89 Å². The second-order valence-electron chi connectivity index (χ2n) is 5.12. The van der Waals surface area contributed by atoms with E-state index in [-0.39, 0.29) is 18.6 Å². The molecule has 0 saturated heterocycles. The fourth-order valence-electron chi connectivity index (χ4n) is 2.39. The number of benzene rings is 1. The minimum absolute atomic E-state index is 0.0508. The van der Waals surface area contributed by atoms with Crippen molar-refractivity contribution >= 4 is 5.91 Å². The normalized spacial score (nSPS) is 12.1. The van der Waals surface area contributed by atoms with Crippen LogP contribution in [0, 0.1) is 13.8 Å². The minimum Gasteiger partial charge on any atom is -0.367 e. The molecule has 1 aromatic heterocycles. The molecule has 0 bridgehead atoms. The maximum absolute atomic E-state index is 11.9. The lowest BCUT2D eigenvalue weighted by Gasteiger charge is -2.14. The second kappa shape index (κ2) is 7.04. The van der Waals surface area contributed by atoms with Crippen LogP contribution in [0.3, 0.4) is 0 Å². The fourth-order valence-corrected chi connectivity index (χ4v) is 2.39. The van der Waals surface area contributed by atoms with Crippen molar-refractivity contribution in [1.82, 2.24) is 15.5 Å². The van der Waals surface area contributed by atoms with E-state index in [0.717, 1.165) is 22.5 Å². The second-order valence-corrected chi connectivity index (χ2v) is 5.12. The summed E-state index contributed by atoms with van der Waals surface area (Å²) in [5.41, 5.74) is 3.97. The number of aromatic nitrogens is 2. The van der Waals surface area contributed by atoms with Crippen LogP contribution in [0.1, 0.15) is 35.5 Å². The third-order valence-electron chi connectivity index (χ3n) is 3.34. The Morgan fingerprint density at radius 2 is 2.05 bits per heavy atom. The molecular formula is C16H21N3O2. The Bertz CT molecular complexity index is 573. The first-order chi connectivity index (χ1) is 10.1.